The van der Waals surface area contributed by atoms with Crippen LogP contribution in [-0.4, -0.2) is 58.5 Å². The molecule has 0 unspecified atom stereocenters. The van der Waals surface area contributed by atoms with Crippen molar-refractivity contribution in [3.8, 4) is 11.1 Å². The molecule has 220 valence electrons. The van der Waals surface area contributed by atoms with E-state index < -0.39 is 17.8 Å². The first-order valence-corrected chi connectivity index (χ1v) is 14.1. The van der Waals surface area contributed by atoms with Crippen molar-refractivity contribution in [1.29, 1.82) is 0 Å². The Hall–Kier alpha value is -4.16. The Morgan fingerprint density at radius 2 is 1.74 bits per heavy atom. The Balaban J connectivity index is 1.19. The maximum atomic E-state index is 13.0. The summed E-state index contributed by atoms with van der Waals surface area (Å²) in [4.78, 5) is 19.9. The number of fused-ring (bicyclic) bond motifs is 1. The number of rotatable bonds is 8. The van der Waals surface area contributed by atoms with Crippen molar-refractivity contribution in [2.75, 3.05) is 49.2 Å². The predicted octanol–water partition coefficient (Wildman–Crippen LogP) is 5.94. The van der Waals surface area contributed by atoms with E-state index in [0.29, 0.717) is 24.0 Å². The Morgan fingerprint density at radius 1 is 1.00 bits per heavy atom. The van der Waals surface area contributed by atoms with Gasteiger partial charge in [-0.15, -0.1) is 0 Å². The predicted molar refractivity (Wildman–Crippen MR) is 155 cm³/mol. The molecule has 1 aliphatic carbocycles. The van der Waals surface area contributed by atoms with Gasteiger partial charge in [0.2, 0.25) is 0 Å². The second-order valence-electron chi connectivity index (χ2n) is 10.7. The number of carbonyl (C=O) groups is 1. The van der Waals surface area contributed by atoms with Crippen LogP contribution in [0.5, 0.6) is 0 Å². The number of aromatic nitrogens is 3. The Labute approximate surface area is 240 Å². The zero-order chi connectivity index (χ0) is 29.3. The molecular weight excluding hydrogens is 547 g/mol. The number of anilines is 3. The minimum absolute atomic E-state index is 0.0446. The lowest BCUT2D eigenvalue weighted by molar-refractivity contribution is -0.137. The summed E-state index contributed by atoms with van der Waals surface area (Å²) in [5, 5.41) is 10.6. The number of nitrogen functional groups attached to an aromatic ring is 1. The van der Waals surface area contributed by atoms with Gasteiger partial charge in [0, 0.05) is 49.2 Å². The molecule has 6 rings (SSSR count). The van der Waals surface area contributed by atoms with Gasteiger partial charge in [0.15, 0.2) is 11.5 Å². The molecule has 0 spiro atoms. The third-order valence-corrected chi connectivity index (χ3v) is 7.59. The number of amides is 2. The van der Waals surface area contributed by atoms with Crippen molar-refractivity contribution in [2.24, 2.45) is 0 Å². The van der Waals surface area contributed by atoms with Gasteiger partial charge in [0.25, 0.3) is 0 Å². The van der Waals surface area contributed by atoms with Crippen LogP contribution in [0, 0.1) is 0 Å². The molecule has 1 saturated heterocycles. The maximum Gasteiger partial charge on any atom is 0.416 e. The van der Waals surface area contributed by atoms with Gasteiger partial charge >= 0.3 is 12.2 Å². The molecule has 0 atom stereocenters. The number of nitrogens with two attached hydrogens (primary N) is 1. The van der Waals surface area contributed by atoms with Crippen LogP contribution in [0.25, 0.3) is 22.2 Å². The number of pyridine rings is 1. The first-order chi connectivity index (χ1) is 20.2. The molecule has 4 aromatic rings. The zero-order valence-corrected chi connectivity index (χ0v) is 23.0. The van der Waals surface area contributed by atoms with Crippen molar-refractivity contribution < 1.29 is 22.7 Å². The Kier molecular flexibility index (Phi) is 7.74. The summed E-state index contributed by atoms with van der Waals surface area (Å²) in [6.45, 7) is 5.07. The van der Waals surface area contributed by atoms with Crippen LogP contribution in [0.3, 0.4) is 0 Å². The highest BCUT2D eigenvalue weighted by molar-refractivity contribution is 6.02. The zero-order valence-electron chi connectivity index (χ0n) is 23.0. The number of ether oxygens (including phenoxy) is 1. The van der Waals surface area contributed by atoms with E-state index in [0.717, 1.165) is 92.1 Å². The maximum absolute atomic E-state index is 13.0. The number of halogens is 3. The molecule has 4 N–H and O–H groups in total. The molecule has 0 radical (unpaired) electrons. The van der Waals surface area contributed by atoms with E-state index in [1.807, 2.05) is 16.8 Å². The fourth-order valence-corrected chi connectivity index (χ4v) is 5.26. The van der Waals surface area contributed by atoms with Gasteiger partial charge in [-0.3, -0.25) is 4.90 Å². The van der Waals surface area contributed by atoms with Gasteiger partial charge in [-0.05, 0) is 66.8 Å². The molecule has 0 bridgehead atoms. The molecule has 2 aliphatic rings. The van der Waals surface area contributed by atoms with Crippen LogP contribution in [0.15, 0.2) is 54.6 Å². The average molecular weight is 580 g/mol. The van der Waals surface area contributed by atoms with Crippen molar-refractivity contribution in [2.45, 2.75) is 37.9 Å². The number of carbonyl (C=O) groups excluding carboxylic acids is 1. The summed E-state index contributed by atoms with van der Waals surface area (Å²) in [6, 6.07) is 13.2. The van der Waals surface area contributed by atoms with Crippen LogP contribution in [0.1, 0.15) is 36.4 Å². The number of alkyl halides is 3. The highest BCUT2D eigenvalue weighted by Crippen LogP contribution is 2.43. The molecule has 2 aromatic carbocycles. The number of nitrogens with one attached hydrogen (secondary N) is 2. The molecule has 1 saturated carbocycles. The van der Waals surface area contributed by atoms with E-state index in [9.17, 15) is 18.0 Å². The number of nitrogens with zero attached hydrogens (tertiary/aromatic N) is 4. The fourth-order valence-electron chi connectivity index (χ4n) is 5.26. The smallest absolute Gasteiger partial charge is 0.382 e. The van der Waals surface area contributed by atoms with Crippen molar-refractivity contribution in [3.05, 3.63) is 65.9 Å². The third-order valence-electron chi connectivity index (χ3n) is 7.59. The van der Waals surface area contributed by atoms with E-state index in [4.69, 9.17) is 15.5 Å². The summed E-state index contributed by atoms with van der Waals surface area (Å²) < 4.78 is 46.4. The van der Waals surface area contributed by atoms with Gasteiger partial charge in [-0.25, -0.2) is 14.5 Å². The highest BCUT2D eigenvalue weighted by Gasteiger charge is 2.30. The van der Waals surface area contributed by atoms with Crippen LogP contribution in [0.2, 0.25) is 0 Å². The normalized spacial score (nSPS) is 16.1. The lowest BCUT2D eigenvalue weighted by Gasteiger charge is -2.26. The van der Waals surface area contributed by atoms with E-state index in [2.05, 4.69) is 26.7 Å². The van der Waals surface area contributed by atoms with E-state index >= 15 is 0 Å². The fraction of sp³-hybridized carbons (Fsp3) is 0.367. The van der Waals surface area contributed by atoms with Crippen LogP contribution >= 0.6 is 0 Å². The molecule has 2 aromatic heterocycles. The second kappa shape index (κ2) is 11.6. The molecule has 3 heterocycles. The van der Waals surface area contributed by atoms with Gasteiger partial charge in [0.05, 0.1) is 24.2 Å². The molecule has 1 aliphatic heterocycles. The largest absolute Gasteiger partial charge is 0.416 e. The third kappa shape index (κ3) is 6.34. The second-order valence-corrected chi connectivity index (χ2v) is 10.7. The molecule has 9 nitrogen and oxygen atoms in total. The van der Waals surface area contributed by atoms with Gasteiger partial charge in [-0.1, -0.05) is 18.2 Å². The molecule has 42 heavy (non-hydrogen) atoms. The summed E-state index contributed by atoms with van der Waals surface area (Å²) in [5.41, 5.74) is 9.76. The van der Waals surface area contributed by atoms with Gasteiger partial charge in [0.1, 0.15) is 0 Å². The van der Waals surface area contributed by atoms with Crippen LogP contribution in [0.4, 0.5) is 35.2 Å². The number of aryl methyl sites for hydroxylation is 1. The van der Waals surface area contributed by atoms with E-state index in [1.165, 1.54) is 12.1 Å². The summed E-state index contributed by atoms with van der Waals surface area (Å²) in [6.07, 6.45) is -1.38. The standard InChI is InChI=1S/C30H32F3N7O2/c31-30(32,33)21-3-1-4-23(17-21)36-29(41)35-22-9-7-19(8-10-22)24-18-25(20-5-6-20)37-28-26(24)27(34)38-40(28)12-2-11-39-13-15-42-16-14-39/h1,3-4,7-10,17-18,20H,2,5-6,11-16H2,(H2,34,38)(H2,35,36,41). The number of hydrogen-bond donors (Lipinski definition) is 3. The number of benzene rings is 2. The number of hydrogen-bond acceptors (Lipinski definition) is 6. The van der Waals surface area contributed by atoms with Crippen molar-refractivity contribution in [3.63, 3.8) is 0 Å². The first-order valence-electron chi connectivity index (χ1n) is 14.1. The molecular formula is C30H32F3N7O2. The van der Waals surface area contributed by atoms with E-state index in [1.54, 1.807) is 12.1 Å². The molecule has 2 amide bonds. The van der Waals surface area contributed by atoms with Gasteiger partial charge in [-0.2, -0.15) is 18.3 Å². The van der Waals surface area contributed by atoms with Crippen LogP contribution in [-0.2, 0) is 17.5 Å². The Morgan fingerprint density at radius 3 is 2.45 bits per heavy atom. The van der Waals surface area contributed by atoms with Crippen LogP contribution < -0.4 is 16.4 Å². The quantitative estimate of drug-likeness (QED) is 0.238. The molecule has 2 fully saturated rings. The Bertz CT molecular complexity index is 1580. The lowest BCUT2D eigenvalue weighted by Crippen LogP contribution is -2.37. The topological polar surface area (TPSA) is 110 Å². The van der Waals surface area contributed by atoms with Crippen molar-refractivity contribution >= 4 is 34.3 Å². The monoisotopic (exact) mass is 579 g/mol. The average Bonchev–Trinajstić information content (AvgIpc) is 3.78. The van der Waals surface area contributed by atoms with E-state index in [-0.39, 0.29) is 5.69 Å². The summed E-state index contributed by atoms with van der Waals surface area (Å²) in [7, 11) is 0. The molecule has 12 heteroatoms. The van der Waals surface area contributed by atoms with Gasteiger partial charge < -0.3 is 21.1 Å². The number of morpholine rings is 1. The summed E-state index contributed by atoms with van der Waals surface area (Å²) >= 11 is 0. The first kappa shape index (κ1) is 28.0. The minimum atomic E-state index is -4.50. The highest BCUT2D eigenvalue weighted by atomic mass is 19.4. The SMILES string of the molecule is Nc1nn(CCCN2CCOCC2)c2nc(C3CC3)cc(-c3ccc(NC(=O)Nc4cccc(C(F)(F)F)c4)cc3)c12. The summed E-state index contributed by atoms with van der Waals surface area (Å²) in [5.74, 6) is 0.843. The lowest BCUT2D eigenvalue weighted by atomic mass is 10.0. The van der Waals surface area contributed by atoms with Crippen molar-refractivity contribution in [1.82, 2.24) is 19.7 Å². The minimum Gasteiger partial charge on any atom is -0.382 e. The number of urea groups is 1.